The fourth-order valence-corrected chi connectivity index (χ4v) is 5.28. The Balaban J connectivity index is 1.36. The van der Waals surface area contributed by atoms with Gasteiger partial charge in [0.25, 0.3) is 5.91 Å². The van der Waals surface area contributed by atoms with Gasteiger partial charge in [0.05, 0.1) is 16.8 Å². The predicted octanol–water partition coefficient (Wildman–Crippen LogP) is 3.07. The van der Waals surface area contributed by atoms with Crippen molar-refractivity contribution in [1.29, 1.82) is 0 Å². The second-order valence-corrected chi connectivity index (χ2v) is 8.74. The number of thiazole rings is 1. The second-order valence-electron chi connectivity index (χ2n) is 7.68. The fraction of sp³-hybridized carbons (Fsp3) is 0.391. The molecule has 1 aliphatic heterocycles. The number of aromatic nitrogens is 1. The Labute approximate surface area is 170 Å². The van der Waals surface area contributed by atoms with Crippen LogP contribution in [0.2, 0.25) is 0 Å². The number of carbonyl (C=O) groups excluding carboxylic acids is 1. The number of carbonyl (C=O) groups is 1. The summed E-state index contributed by atoms with van der Waals surface area (Å²) in [5.74, 6) is 0.150. The highest BCUT2D eigenvalue weighted by Crippen LogP contribution is 2.28. The molecule has 0 saturated carbocycles. The van der Waals surface area contributed by atoms with Crippen molar-refractivity contribution in [2.24, 2.45) is 0 Å². The van der Waals surface area contributed by atoms with Crippen molar-refractivity contribution in [3.05, 3.63) is 64.7 Å². The van der Waals surface area contributed by atoms with Crippen molar-refractivity contribution in [3.63, 3.8) is 0 Å². The standard InChI is InChI=1S/C23H27N3OS/c1-17-8-2-3-9-18(17)13-14-24-22(27)16-26-15-7-6-11-20(26)23-25-19-10-4-5-12-21(19)28-23/h2-5,8-10,12,20H,6-7,11,13-16H2,1H3,(H,24,27)/p+1/t20-/m1/s1. The van der Waals surface area contributed by atoms with E-state index in [1.54, 1.807) is 11.3 Å². The van der Waals surface area contributed by atoms with E-state index in [0.29, 0.717) is 19.1 Å². The first-order valence-electron chi connectivity index (χ1n) is 10.2. The van der Waals surface area contributed by atoms with Crippen LogP contribution >= 0.6 is 11.3 Å². The van der Waals surface area contributed by atoms with Gasteiger partial charge in [-0.15, -0.1) is 11.3 Å². The van der Waals surface area contributed by atoms with Gasteiger partial charge in [-0.1, -0.05) is 36.4 Å². The van der Waals surface area contributed by atoms with E-state index < -0.39 is 0 Å². The summed E-state index contributed by atoms with van der Waals surface area (Å²) in [6.45, 7) is 4.40. The fourth-order valence-electron chi connectivity index (χ4n) is 4.12. The number of quaternary nitrogens is 1. The van der Waals surface area contributed by atoms with Crippen molar-refractivity contribution < 1.29 is 9.69 Å². The summed E-state index contributed by atoms with van der Waals surface area (Å²) in [5.41, 5.74) is 3.67. The lowest BCUT2D eigenvalue weighted by atomic mass is 10.0. The summed E-state index contributed by atoms with van der Waals surface area (Å²) in [6.07, 6.45) is 4.41. The molecule has 1 aromatic heterocycles. The minimum absolute atomic E-state index is 0.150. The van der Waals surface area contributed by atoms with Crippen molar-refractivity contribution >= 4 is 27.5 Å². The topological polar surface area (TPSA) is 46.4 Å². The van der Waals surface area contributed by atoms with Gasteiger partial charge < -0.3 is 10.2 Å². The molecule has 1 saturated heterocycles. The highest BCUT2D eigenvalue weighted by atomic mass is 32.1. The normalized spacial score (nSPS) is 19.6. The molecule has 4 nitrogen and oxygen atoms in total. The van der Waals surface area contributed by atoms with E-state index in [1.165, 1.54) is 38.6 Å². The zero-order valence-corrected chi connectivity index (χ0v) is 17.2. The Morgan fingerprint density at radius 3 is 2.86 bits per heavy atom. The van der Waals surface area contributed by atoms with Crippen molar-refractivity contribution in [3.8, 4) is 0 Å². The average molecular weight is 395 g/mol. The van der Waals surface area contributed by atoms with Crippen LogP contribution in [0.4, 0.5) is 0 Å². The average Bonchev–Trinajstić information content (AvgIpc) is 3.14. The number of nitrogens with zero attached hydrogens (tertiary/aromatic N) is 1. The lowest BCUT2D eigenvalue weighted by Crippen LogP contribution is -3.14. The molecular formula is C23H28N3OS+. The van der Waals surface area contributed by atoms with Crippen LogP contribution in [-0.4, -0.2) is 30.5 Å². The molecule has 1 amide bonds. The number of likely N-dealkylation sites (tertiary alicyclic amines) is 1. The van der Waals surface area contributed by atoms with Crippen LogP contribution in [0, 0.1) is 6.92 Å². The molecule has 2 atom stereocenters. The van der Waals surface area contributed by atoms with Gasteiger partial charge in [-0.05, 0) is 49.4 Å². The number of aryl methyl sites for hydroxylation is 1. The minimum Gasteiger partial charge on any atom is -0.351 e. The van der Waals surface area contributed by atoms with E-state index in [2.05, 4.69) is 54.7 Å². The Bertz CT molecular complexity index is 919. The van der Waals surface area contributed by atoms with Crippen LogP contribution in [0.15, 0.2) is 48.5 Å². The molecule has 1 aliphatic rings. The van der Waals surface area contributed by atoms with Crippen LogP contribution in [0.25, 0.3) is 10.2 Å². The van der Waals surface area contributed by atoms with Crippen LogP contribution in [0.5, 0.6) is 0 Å². The van der Waals surface area contributed by atoms with E-state index in [4.69, 9.17) is 4.98 Å². The summed E-state index contributed by atoms with van der Waals surface area (Å²) in [4.78, 5) is 18.8. The van der Waals surface area contributed by atoms with Gasteiger partial charge in [-0.3, -0.25) is 4.79 Å². The molecule has 2 heterocycles. The summed E-state index contributed by atoms with van der Waals surface area (Å²) >= 11 is 1.79. The number of amides is 1. The van der Waals surface area contributed by atoms with Gasteiger partial charge >= 0.3 is 0 Å². The van der Waals surface area contributed by atoms with Crippen LogP contribution in [0.1, 0.15) is 41.4 Å². The van der Waals surface area contributed by atoms with Crippen molar-refractivity contribution in [1.82, 2.24) is 10.3 Å². The number of hydrogen-bond acceptors (Lipinski definition) is 3. The predicted molar refractivity (Wildman–Crippen MR) is 115 cm³/mol. The molecule has 0 bridgehead atoms. The number of nitrogens with one attached hydrogen (secondary N) is 2. The molecule has 3 aromatic rings. The second kappa shape index (κ2) is 8.84. The molecule has 0 aliphatic carbocycles. The maximum Gasteiger partial charge on any atom is 0.275 e. The van der Waals surface area contributed by atoms with Crippen LogP contribution in [-0.2, 0) is 11.2 Å². The summed E-state index contributed by atoms with van der Waals surface area (Å²) in [7, 11) is 0. The molecule has 28 heavy (non-hydrogen) atoms. The Morgan fingerprint density at radius 2 is 2.00 bits per heavy atom. The Hall–Kier alpha value is -2.24. The van der Waals surface area contributed by atoms with Crippen LogP contribution in [0.3, 0.4) is 0 Å². The first kappa shape index (κ1) is 19.1. The molecule has 1 fully saturated rings. The summed E-state index contributed by atoms with van der Waals surface area (Å²) < 4.78 is 1.24. The molecule has 5 heteroatoms. The summed E-state index contributed by atoms with van der Waals surface area (Å²) in [6, 6.07) is 17.0. The summed E-state index contributed by atoms with van der Waals surface area (Å²) in [5, 5.41) is 4.31. The van der Waals surface area contributed by atoms with Gasteiger partial charge in [0.15, 0.2) is 11.6 Å². The number of rotatable bonds is 6. The van der Waals surface area contributed by atoms with E-state index in [-0.39, 0.29) is 5.91 Å². The Kier molecular flexibility index (Phi) is 6.03. The molecule has 2 N–H and O–H groups in total. The third kappa shape index (κ3) is 4.42. The minimum atomic E-state index is 0.150. The number of hydrogen-bond donors (Lipinski definition) is 2. The lowest BCUT2D eigenvalue weighted by molar-refractivity contribution is -0.929. The molecule has 1 unspecified atom stereocenters. The number of fused-ring (bicyclic) bond motifs is 1. The third-order valence-electron chi connectivity index (χ3n) is 5.71. The maximum absolute atomic E-state index is 12.6. The molecule has 0 spiro atoms. The van der Waals surface area contributed by atoms with E-state index in [1.807, 2.05) is 6.07 Å². The largest absolute Gasteiger partial charge is 0.351 e. The monoisotopic (exact) mass is 394 g/mol. The smallest absolute Gasteiger partial charge is 0.275 e. The van der Waals surface area contributed by atoms with E-state index >= 15 is 0 Å². The number of benzene rings is 2. The molecule has 0 radical (unpaired) electrons. The SMILES string of the molecule is Cc1ccccc1CCNC(=O)C[NH+]1CCCC[C@@H]1c1nc2ccccc2s1. The van der Waals surface area contributed by atoms with E-state index in [0.717, 1.165) is 24.9 Å². The maximum atomic E-state index is 12.6. The highest BCUT2D eigenvalue weighted by molar-refractivity contribution is 7.18. The molecule has 146 valence electrons. The molecule has 2 aromatic carbocycles. The Morgan fingerprint density at radius 1 is 1.18 bits per heavy atom. The zero-order valence-electron chi connectivity index (χ0n) is 16.4. The quantitative estimate of drug-likeness (QED) is 0.675. The van der Waals surface area contributed by atoms with Crippen LogP contribution < -0.4 is 10.2 Å². The highest BCUT2D eigenvalue weighted by Gasteiger charge is 2.31. The molecule has 4 rings (SSSR count). The van der Waals surface area contributed by atoms with E-state index in [9.17, 15) is 4.79 Å². The number of para-hydroxylation sites is 1. The van der Waals surface area contributed by atoms with Gasteiger partial charge in [0.2, 0.25) is 0 Å². The van der Waals surface area contributed by atoms with Crippen molar-refractivity contribution in [2.75, 3.05) is 19.6 Å². The zero-order chi connectivity index (χ0) is 19.3. The van der Waals surface area contributed by atoms with Gasteiger partial charge in [-0.2, -0.15) is 0 Å². The lowest BCUT2D eigenvalue weighted by Gasteiger charge is -2.30. The first-order valence-corrected chi connectivity index (χ1v) is 11.0. The third-order valence-corrected chi connectivity index (χ3v) is 6.86. The molecular weight excluding hydrogens is 366 g/mol. The van der Waals surface area contributed by atoms with Gasteiger partial charge in [0.1, 0.15) is 6.04 Å². The van der Waals surface area contributed by atoms with Crippen molar-refractivity contribution in [2.45, 2.75) is 38.6 Å². The van der Waals surface area contributed by atoms with Gasteiger partial charge in [0, 0.05) is 13.0 Å². The first-order chi connectivity index (χ1) is 13.7. The van der Waals surface area contributed by atoms with Gasteiger partial charge in [-0.25, -0.2) is 4.98 Å². The number of piperidine rings is 1.